The van der Waals surface area contributed by atoms with Gasteiger partial charge in [-0.15, -0.1) is 0 Å². The Balaban J connectivity index is 2.54. The van der Waals surface area contributed by atoms with Crippen molar-refractivity contribution in [2.24, 2.45) is 0 Å². The number of carbonyl (C=O) groups excluding carboxylic acids is 1. The van der Waals surface area contributed by atoms with Gasteiger partial charge in [-0.05, 0) is 24.6 Å². The molecule has 1 rings (SSSR count). The number of hydrogen-bond acceptors (Lipinski definition) is 3. The Morgan fingerprint density at radius 1 is 1.33 bits per heavy atom. The van der Waals surface area contributed by atoms with Gasteiger partial charge in [-0.1, -0.05) is 23.2 Å². The average molecular weight is 309 g/mol. The fourth-order valence-corrected chi connectivity index (χ4v) is 2.68. The van der Waals surface area contributed by atoms with E-state index in [9.17, 15) is 9.00 Å². The van der Waals surface area contributed by atoms with Gasteiger partial charge in [0.1, 0.15) is 0 Å². The number of benzene rings is 1. The van der Waals surface area contributed by atoms with Crippen LogP contribution in [-0.2, 0) is 15.5 Å². The summed E-state index contributed by atoms with van der Waals surface area (Å²) in [7, 11) is 0.417. The number of rotatable bonds is 7. The van der Waals surface area contributed by atoms with Gasteiger partial charge in [0.25, 0.3) is 0 Å². The summed E-state index contributed by atoms with van der Waals surface area (Å²) < 4.78 is 16.5. The lowest BCUT2D eigenvalue weighted by Gasteiger charge is -2.03. The summed E-state index contributed by atoms with van der Waals surface area (Å²) in [5.74, 6) is 0.270. The molecule has 0 aromatic heterocycles. The van der Waals surface area contributed by atoms with E-state index in [0.29, 0.717) is 34.4 Å². The molecular formula is C12H14Cl2O3S. The van der Waals surface area contributed by atoms with Crippen LogP contribution in [-0.4, -0.2) is 35.2 Å². The predicted octanol–water partition coefficient (Wildman–Crippen LogP) is 2.96. The van der Waals surface area contributed by atoms with Crippen molar-refractivity contribution in [1.29, 1.82) is 0 Å². The molecule has 1 aromatic carbocycles. The van der Waals surface area contributed by atoms with Gasteiger partial charge in [-0.25, -0.2) is 0 Å². The molecule has 0 heterocycles. The minimum atomic E-state index is -1.17. The molecule has 18 heavy (non-hydrogen) atoms. The second kappa shape index (κ2) is 7.89. The number of Topliss-reactive ketones (excluding diaryl/α,β-unsaturated/α-hetero) is 1. The highest BCUT2D eigenvalue weighted by molar-refractivity contribution is 7.85. The summed E-state index contributed by atoms with van der Waals surface area (Å²) in [6, 6.07) is 4.65. The first-order valence-electron chi connectivity index (χ1n) is 5.36. The van der Waals surface area contributed by atoms with Gasteiger partial charge in [-0.2, -0.15) is 0 Å². The maximum absolute atomic E-state index is 11.8. The monoisotopic (exact) mass is 308 g/mol. The van der Waals surface area contributed by atoms with Crippen LogP contribution in [0.15, 0.2) is 18.2 Å². The summed E-state index contributed by atoms with van der Waals surface area (Å²) in [6.45, 7) is 0.548. The molecule has 0 radical (unpaired) electrons. The van der Waals surface area contributed by atoms with Gasteiger partial charge in [-0.3, -0.25) is 9.00 Å². The van der Waals surface area contributed by atoms with Crippen LogP contribution in [0.4, 0.5) is 0 Å². The Morgan fingerprint density at radius 3 is 2.67 bits per heavy atom. The zero-order valence-corrected chi connectivity index (χ0v) is 12.3. The molecule has 100 valence electrons. The Morgan fingerprint density at radius 2 is 2.06 bits per heavy atom. The van der Waals surface area contributed by atoms with Crippen molar-refractivity contribution in [3.05, 3.63) is 33.8 Å². The van der Waals surface area contributed by atoms with Crippen molar-refractivity contribution in [1.82, 2.24) is 0 Å². The molecule has 0 aliphatic heterocycles. The molecule has 1 atom stereocenters. The average Bonchev–Trinajstić information content (AvgIpc) is 2.33. The van der Waals surface area contributed by atoms with Crippen LogP contribution in [0.3, 0.4) is 0 Å². The van der Waals surface area contributed by atoms with Gasteiger partial charge < -0.3 is 4.74 Å². The van der Waals surface area contributed by atoms with Crippen LogP contribution in [0.25, 0.3) is 0 Å². The fraction of sp³-hybridized carbons (Fsp3) is 0.417. The predicted molar refractivity (Wildman–Crippen MR) is 75.2 cm³/mol. The fourth-order valence-electron chi connectivity index (χ4n) is 1.34. The van der Waals surface area contributed by atoms with E-state index in [1.54, 1.807) is 19.2 Å². The quantitative estimate of drug-likeness (QED) is 0.574. The van der Waals surface area contributed by atoms with Crippen molar-refractivity contribution in [3.63, 3.8) is 0 Å². The molecule has 0 spiro atoms. The zero-order chi connectivity index (χ0) is 13.5. The lowest BCUT2D eigenvalue weighted by molar-refractivity contribution is 0.102. The third-order valence-electron chi connectivity index (χ3n) is 2.25. The molecule has 0 aliphatic rings. The van der Waals surface area contributed by atoms with Crippen molar-refractivity contribution in [2.45, 2.75) is 6.42 Å². The largest absolute Gasteiger partial charge is 0.385 e. The number of methoxy groups -OCH3 is 1. The SMILES string of the molecule is COCCCS(=O)CC(=O)c1ccc(Cl)c(Cl)c1. The van der Waals surface area contributed by atoms with E-state index in [-0.39, 0.29) is 11.5 Å². The summed E-state index contributed by atoms with van der Waals surface area (Å²) in [6.07, 6.45) is 0.678. The van der Waals surface area contributed by atoms with E-state index >= 15 is 0 Å². The van der Waals surface area contributed by atoms with Gasteiger partial charge in [0.2, 0.25) is 0 Å². The molecule has 0 aliphatic carbocycles. The minimum absolute atomic E-state index is 0.00166. The molecule has 0 saturated carbocycles. The molecule has 0 fully saturated rings. The Bertz CT molecular complexity index is 449. The summed E-state index contributed by atoms with van der Waals surface area (Å²) >= 11 is 11.6. The Labute approximate surface area is 119 Å². The molecule has 0 bridgehead atoms. The molecule has 0 amide bonds. The van der Waals surface area contributed by atoms with E-state index in [1.165, 1.54) is 6.07 Å². The van der Waals surface area contributed by atoms with Crippen LogP contribution < -0.4 is 0 Å². The third-order valence-corrected chi connectivity index (χ3v) is 4.32. The van der Waals surface area contributed by atoms with Crippen LogP contribution in [0.1, 0.15) is 16.8 Å². The third kappa shape index (κ3) is 5.06. The van der Waals surface area contributed by atoms with Crippen LogP contribution >= 0.6 is 23.2 Å². The first kappa shape index (κ1) is 15.6. The highest BCUT2D eigenvalue weighted by atomic mass is 35.5. The van der Waals surface area contributed by atoms with Crippen molar-refractivity contribution in [3.8, 4) is 0 Å². The minimum Gasteiger partial charge on any atom is -0.385 e. The van der Waals surface area contributed by atoms with Crippen LogP contribution in [0, 0.1) is 0 Å². The van der Waals surface area contributed by atoms with E-state index in [1.807, 2.05) is 0 Å². The standard InChI is InChI=1S/C12H14Cl2O3S/c1-17-5-2-6-18(16)8-12(15)9-3-4-10(13)11(14)7-9/h3-4,7H,2,5-6,8H2,1H3. The molecule has 3 nitrogen and oxygen atoms in total. The van der Waals surface area contributed by atoms with Gasteiger partial charge in [0.15, 0.2) is 5.78 Å². The van der Waals surface area contributed by atoms with Crippen LogP contribution in [0.2, 0.25) is 10.0 Å². The summed E-state index contributed by atoms with van der Waals surface area (Å²) in [5.41, 5.74) is 0.435. The van der Waals surface area contributed by atoms with E-state index in [0.717, 1.165) is 0 Å². The number of halogens is 2. The smallest absolute Gasteiger partial charge is 0.175 e. The van der Waals surface area contributed by atoms with E-state index in [4.69, 9.17) is 27.9 Å². The Hall–Kier alpha value is -0.420. The summed E-state index contributed by atoms with van der Waals surface area (Å²) in [5, 5.41) is 0.724. The number of ketones is 1. The molecule has 1 unspecified atom stereocenters. The highest BCUT2D eigenvalue weighted by Gasteiger charge is 2.11. The molecular weight excluding hydrogens is 295 g/mol. The molecule has 6 heteroatoms. The van der Waals surface area contributed by atoms with Gasteiger partial charge >= 0.3 is 0 Å². The lowest BCUT2D eigenvalue weighted by Crippen LogP contribution is -2.14. The van der Waals surface area contributed by atoms with Gasteiger partial charge in [0, 0.05) is 35.8 Å². The van der Waals surface area contributed by atoms with Crippen molar-refractivity contribution < 1.29 is 13.7 Å². The molecule has 1 aromatic rings. The van der Waals surface area contributed by atoms with E-state index < -0.39 is 10.8 Å². The topological polar surface area (TPSA) is 43.4 Å². The lowest BCUT2D eigenvalue weighted by atomic mass is 10.1. The normalized spacial score (nSPS) is 12.4. The van der Waals surface area contributed by atoms with Gasteiger partial charge in [0.05, 0.1) is 15.8 Å². The zero-order valence-electron chi connectivity index (χ0n) is 9.95. The first-order chi connectivity index (χ1) is 8.54. The highest BCUT2D eigenvalue weighted by Crippen LogP contribution is 2.22. The maximum atomic E-state index is 11.8. The molecule has 0 N–H and O–H groups in total. The molecule has 0 saturated heterocycles. The maximum Gasteiger partial charge on any atom is 0.175 e. The van der Waals surface area contributed by atoms with Crippen LogP contribution in [0.5, 0.6) is 0 Å². The first-order valence-corrected chi connectivity index (χ1v) is 7.61. The Kier molecular flexibility index (Phi) is 6.86. The second-order valence-electron chi connectivity index (χ2n) is 3.69. The summed E-state index contributed by atoms with van der Waals surface area (Å²) in [4.78, 5) is 11.8. The number of carbonyl (C=O) groups is 1. The van der Waals surface area contributed by atoms with Crippen molar-refractivity contribution >= 4 is 39.8 Å². The number of hydrogen-bond donors (Lipinski definition) is 0. The number of ether oxygens (including phenoxy) is 1. The van der Waals surface area contributed by atoms with E-state index in [2.05, 4.69) is 0 Å². The van der Waals surface area contributed by atoms with Crippen molar-refractivity contribution in [2.75, 3.05) is 25.2 Å². The second-order valence-corrected chi connectivity index (χ2v) is 6.08.